The Labute approximate surface area is 162 Å². The number of nitrogens with zero attached hydrogens (tertiary/aromatic N) is 3. The van der Waals surface area contributed by atoms with E-state index in [1.54, 1.807) is 4.90 Å². The van der Waals surface area contributed by atoms with Crippen LogP contribution in [0.2, 0.25) is 0 Å². The number of halogens is 4. The lowest BCUT2D eigenvalue weighted by molar-refractivity contribution is -0.139. The lowest BCUT2D eigenvalue weighted by Crippen LogP contribution is -2.46. The monoisotopic (exact) mass is 398 g/mol. The van der Waals surface area contributed by atoms with E-state index in [0.717, 1.165) is 62.4 Å². The van der Waals surface area contributed by atoms with Gasteiger partial charge >= 0.3 is 6.18 Å². The fourth-order valence-corrected chi connectivity index (χ4v) is 3.63. The third-order valence-corrected chi connectivity index (χ3v) is 5.15. The predicted molar refractivity (Wildman–Crippen MR) is 103 cm³/mol. The molecule has 2 aliphatic heterocycles. The number of hydrogen-bond acceptors (Lipinski definition) is 4. The topological polar surface area (TPSA) is 44.9 Å². The third-order valence-electron chi connectivity index (χ3n) is 5.15. The Kier molecular flexibility index (Phi) is 6.27. The molecule has 1 aromatic rings. The summed E-state index contributed by atoms with van der Waals surface area (Å²) in [6.07, 6.45) is 1.77. The first-order chi connectivity index (χ1) is 13.3. The molecule has 154 valence electrons. The maximum atomic E-state index is 13.7. The number of amidine groups is 1. The first kappa shape index (κ1) is 20.6. The number of unbranched alkanes of at least 4 members (excludes halogenated alkanes) is 1. The molecule has 0 aliphatic carbocycles. The van der Waals surface area contributed by atoms with Crippen molar-refractivity contribution in [2.75, 3.05) is 24.7 Å². The summed E-state index contributed by atoms with van der Waals surface area (Å²) in [5.74, 6) is -0.436. The number of aliphatic imine (C=N–C) groups is 1. The van der Waals surface area contributed by atoms with E-state index in [9.17, 15) is 17.6 Å². The van der Waals surface area contributed by atoms with Crippen LogP contribution in [0.3, 0.4) is 0 Å². The minimum atomic E-state index is -4.73. The molecule has 3 rings (SSSR count). The number of hydrogen-bond donors (Lipinski definition) is 1. The van der Waals surface area contributed by atoms with Crippen molar-refractivity contribution in [3.63, 3.8) is 0 Å². The van der Waals surface area contributed by atoms with Gasteiger partial charge in [-0.05, 0) is 50.0 Å². The molecule has 0 radical (unpaired) electrons. The van der Waals surface area contributed by atoms with Gasteiger partial charge in [0.05, 0.1) is 5.56 Å². The fourth-order valence-electron chi connectivity index (χ4n) is 3.63. The Morgan fingerprint density at radius 2 is 2.07 bits per heavy atom. The molecule has 1 fully saturated rings. The van der Waals surface area contributed by atoms with Crippen LogP contribution in [-0.4, -0.2) is 36.5 Å². The van der Waals surface area contributed by atoms with Gasteiger partial charge in [-0.1, -0.05) is 13.3 Å². The number of alkyl halides is 3. The number of rotatable bonds is 4. The van der Waals surface area contributed by atoms with Gasteiger partial charge in [-0.2, -0.15) is 13.2 Å². The van der Waals surface area contributed by atoms with Crippen LogP contribution in [0, 0.1) is 5.82 Å². The van der Waals surface area contributed by atoms with E-state index >= 15 is 0 Å². The first-order valence-electron chi connectivity index (χ1n) is 9.69. The second kappa shape index (κ2) is 8.51. The van der Waals surface area contributed by atoms with Crippen LogP contribution in [0.1, 0.15) is 44.6 Å². The Morgan fingerprint density at radius 3 is 2.75 bits per heavy atom. The van der Waals surface area contributed by atoms with E-state index in [1.807, 2.05) is 6.08 Å². The molecule has 0 amide bonds. The fraction of sp³-hybridized carbons (Fsp3) is 0.550. The van der Waals surface area contributed by atoms with Crippen molar-refractivity contribution >= 4 is 11.5 Å². The molecule has 28 heavy (non-hydrogen) atoms. The van der Waals surface area contributed by atoms with E-state index in [-0.39, 0.29) is 12.7 Å². The largest absolute Gasteiger partial charge is 0.419 e. The number of piperidine rings is 1. The van der Waals surface area contributed by atoms with Gasteiger partial charge < -0.3 is 15.5 Å². The van der Waals surface area contributed by atoms with Crippen molar-refractivity contribution in [2.45, 2.75) is 51.2 Å². The number of nitrogens with two attached hydrogens (primary N) is 1. The van der Waals surface area contributed by atoms with Crippen LogP contribution in [0.5, 0.6) is 0 Å². The van der Waals surface area contributed by atoms with Crippen molar-refractivity contribution in [2.24, 2.45) is 10.7 Å². The molecule has 2 aliphatic rings. The average molecular weight is 398 g/mol. The van der Waals surface area contributed by atoms with Gasteiger partial charge in [0.15, 0.2) is 0 Å². The summed E-state index contributed by atoms with van der Waals surface area (Å²) in [5, 5.41) is 0. The van der Waals surface area contributed by atoms with E-state index in [0.29, 0.717) is 12.1 Å². The van der Waals surface area contributed by atoms with E-state index in [4.69, 9.17) is 5.73 Å². The molecule has 4 nitrogen and oxygen atoms in total. The van der Waals surface area contributed by atoms with Crippen LogP contribution in [0.15, 0.2) is 35.0 Å². The zero-order valence-electron chi connectivity index (χ0n) is 16.0. The maximum Gasteiger partial charge on any atom is 0.419 e. The molecule has 0 saturated carbocycles. The predicted octanol–water partition coefficient (Wildman–Crippen LogP) is 4.52. The number of allylic oxidation sites excluding steroid dienone is 1. The summed E-state index contributed by atoms with van der Waals surface area (Å²) >= 11 is 0. The highest BCUT2D eigenvalue weighted by atomic mass is 19.4. The molecule has 1 aromatic carbocycles. The highest BCUT2D eigenvalue weighted by molar-refractivity contribution is 5.95. The Morgan fingerprint density at radius 1 is 1.29 bits per heavy atom. The Bertz CT molecular complexity index is 757. The molecule has 2 N–H and O–H groups in total. The lowest BCUT2D eigenvalue weighted by atomic mass is 10.1. The van der Waals surface area contributed by atoms with Crippen LogP contribution in [0.25, 0.3) is 0 Å². The molecule has 1 atom stereocenters. The van der Waals surface area contributed by atoms with Gasteiger partial charge in [-0.3, -0.25) is 0 Å². The summed E-state index contributed by atoms with van der Waals surface area (Å²) in [4.78, 5) is 8.46. The van der Waals surface area contributed by atoms with Crippen molar-refractivity contribution in [3.05, 3.63) is 41.4 Å². The molecule has 8 heteroatoms. The lowest BCUT2D eigenvalue weighted by Gasteiger charge is -2.36. The van der Waals surface area contributed by atoms with Crippen molar-refractivity contribution < 1.29 is 17.6 Å². The number of benzene rings is 1. The minimum absolute atomic E-state index is 0.105. The van der Waals surface area contributed by atoms with Crippen LogP contribution >= 0.6 is 0 Å². The van der Waals surface area contributed by atoms with Gasteiger partial charge in [0.1, 0.15) is 18.3 Å². The summed E-state index contributed by atoms with van der Waals surface area (Å²) in [6.45, 7) is 3.87. The van der Waals surface area contributed by atoms with Gasteiger partial charge in [-0.25, -0.2) is 9.38 Å². The smallest absolute Gasteiger partial charge is 0.355 e. The zero-order valence-corrected chi connectivity index (χ0v) is 16.0. The van der Waals surface area contributed by atoms with E-state index < -0.39 is 17.6 Å². The first-order valence-corrected chi connectivity index (χ1v) is 9.69. The number of anilines is 1. The van der Waals surface area contributed by atoms with E-state index in [1.165, 1.54) is 6.07 Å². The zero-order chi connectivity index (χ0) is 20.3. The molecule has 0 bridgehead atoms. The second-order valence-electron chi connectivity index (χ2n) is 7.34. The van der Waals surface area contributed by atoms with Crippen LogP contribution in [0.4, 0.5) is 23.2 Å². The second-order valence-corrected chi connectivity index (χ2v) is 7.34. The summed E-state index contributed by atoms with van der Waals surface area (Å²) in [6, 6.07) is 3.22. The SMILES string of the molecule is CCCCC1=CC(N2CCC[C@@H](N)C2)=NCN1c1ccc(F)c(C(F)(F)F)c1. The average Bonchev–Trinajstić information content (AvgIpc) is 2.66. The summed E-state index contributed by atoms with van der Waals surface area (Å²) in [7, 11) is 0. The van der Waals surface area contributed by atoms with Crippen LogP contribution < -0.4 is 10.6 Å². The van der Waals surface area contributed by atoms with E-state index in [2.05, 4.69) is 16.8 Å². The minimum Gasteiger partial charge on any atom is -0.355 e. The molecule has 0 aromatic heterocycles. The number of likely N-dealkylation sites (tertiary alicyclic amines) is 1. The highest BCUT2D eigenvalue weighted by Gasteiger charge is 2.35. The van der Waals surface area contributed by atoms with Crippen molar-refractivity contribution in [1.82, 2.24) is 4.90 Å². The summed E-state index contributed by atoms with van der Waals surface area (Å²) < 4.78 is 53.0. The molecule has 2 heterocycles. The quantitative estimate of drug-likeness (QED) is 0.759. The normalized spacial score (nSPS) is 20.9. The molecular weight excluding hydrogens is 372 g/mol. The molecular formula is C20H26F4N4. The van der Waals surface area contributed by atoms with Crippen molar-refractivity contribution in [3.8, 4) is 0 Å². The van der Waals surface area contributed by atoms with Gasteiger partial charge in [0.25, 0.3) is 0 Å². The standard InChI is InChI=1S/C20H26F4N4/c1-2-3-6-15-11-19(27-9-4-5-14(25)12-27)26-13-28(15)16-7-8-18(21)17(10-16)20(22,23)24/h7-8,10-11,14H,2-6,9,12-13,25H2,1H3/t14-/m1/s1. The maximum absolute atomic E-state index is 13.7. The van der Waals surface area contributed by atoms with Crippen LogP contribution in [-0.2, 0) is 6.18 Å². The van der Waals surface area contributed by atoms with Gasteiger partial charge in [0, 0.05) is 30.5 Å². The third kappa shape index (κ3) is 4.66. The van der Waals surface area contributed by atoms with Crippen molar-refractivity contribution in [1.29, 1.82) is 0 Å². The molecule has 0 unspecified atom stereocenters. The summed E-state index contributed by atoms with van der Waals surface area (Å²) in [5.41, 5.74) is 6.01. The Hall–Kier alpha value is -2.09. The van der Waals surface area contributed by atoms with Gasteiger partial charge in [0.2, 0.25) is 0 Å². The highest BCUT2D eigenvalue weighted by Crippen LogP contribution is 2.35. The Balaban J connectivity index is 1.88. The molecule has 0 spiro atoms. The molecule has 1 saturated heterocycles. The van der Waals surface area contributed by atoms with Gasteiger partial charge in [-0.15, -0.1) is 0 Å².